The lowest BCUT2D eigenvalue weighted by Crippen LogP contribution is -1.97. The Morgan fingerprint density at radius 2 is 1.50 bits per heavy atom. The van der Waals surface area contributed by atoms with Crippen molar-refractivity contribution >= 4 is 6.29 Å². The number of carbonyl (C=O) groups is 1. The minimum absolute atomic E-state index is 0.633. The Balaban J connectivity index is 2.25. The molecule has 1 heterocycles. The summed E-state index contributed by atoms with van der Waals surface area (Å²) in [5.74, 6) is 1.41. The Morgan fingerprint density at radius 1 is 0.909 bits per heavy atom. The van der Waals surface area contributed by atoms with Gasteiger partial charge in [0, 0.05) is 6.07 Å². The van der Waals surface area contributed by atoms with Crippen LogP contribution in [0.25, 0.3) is 22.6 Å². The highest BCUT2D eigenvalue weighted by molar-refractivity contribution is 5.87. The second kappa shape index (κ2) is 6.35. The third kappa shape index (κ3) is 2.68. The number of hydrogen-bond donors (Lipinski definition) is 0. The molecule has 0 atom stereocenters. The highest BCUT2D eigenvalue weighted by atomic mass is 16.3. The van der Waals surface area contributed by atoms with E-state index in [1.54, 1.807) is 0 Å². The average molecular weight is 289 g/mol. The van der Waals surface area contributed by atoms with E-state index in [0.29, 0.717) is 11.3 Å². The van der Waals surface area contributed by atoms with Crippen LogP contribution in [0, 0.1) is 0 Å². The van der Waals surface area contributed by atoms with Crippen molar-refractivity contribution in [1.82, 2.24) is 0 Å². The molecule has 108 valence electrons. The molecule has 1 aromatic heterocycles. The fraction of sp³-hybridized carbons (Fsp3) is 0.100. The lowest BCUT2D eigenvalue weighted by molar-refractivity contribution is 0.112. The van der Waals surface area contributed by atoms with Crippen LogP contribution in [-0.2, 0) is 6.42 Å². The Morgan fingerprint density at radius 3 is 2.05 bits per heavy atom. The van der Waals surface area contributed by atoms with Gasteiger partial charge in [-0.2, -0.15) is 0 Å². The van der Waals surface area contributed by atoms with Crippen molar-refractivity contribution in [2.75, 3.05) is 0 Å². The van der Waals surface area contributed by atoms with Crippen molar-refractivity contribution in [1.29, 1.82) is 0 Å². The normalized spacial score (nSPS) is 10.4. The summed E-state index contributed by atoms with van der Waals surface area (Å²) in [6, 6.07) is 21.7. The molecule has 0 amide bonds. The SMILES string of the molecule is CCc1cc(-c2ccccc2)[o+]c(-c2ccccc2)c1C=O. The van der Waals surface area contributed by atoms with Gasteiger partial charge in [-0.3, -0.25) is 4.79 Å². The van der Waals surface area contributed by atoms with E-state index in [1.807, 2.05) is 73.7 Å². The third-order valence-corrected chi connectivity index (χ3v) is 3.70. The van der Waals surface area contributed by atoms with Gasteiger partial charge in [-0.25, -0.2) is 4.42 Å². The van der Waals surface area contributed by atoms with Gasteiger partial charge >= 0.3 is 11.5 Å². The molecule has 3 aromatic rings. The van der Waals surface area contributed by atoms with Crippen LogP contribution >= 0.6 is 0 Å². The summed E-state index contributed by atoms with van der Waals surface area (Å²) in [7, 11) is 0. The van der Waals surface area contributed by atoms with E-state index in [1.165, 1.54) is 0 Å². The molecular weight excluding hydrogens is 272 g/mol. The van der Waals surface area contributed by atoms with Gasteiger partial charge in [-0.15, -0.1) is 0 Å². The Hall–Kier alpha value is -2.74. The lowest BCUT2D eigenvalue weighted by atomic mass is 9.99. The van der Waals surface area contributed by atoms with Crippen LogP contribution < -0.4 is 0 Å². The molecule has 3 rings (SSSR count). The van der Waals surface area contributed by atoms with Crippen molar-refractivity contribution < 1.29 is 9.21 Å². The quantitative estimate of drug-likeness (QED) is 0.483. The minimum Gasteiger partial charge on any atom is -0.297 e. The van der Waals surface area contributed by atoms with Gasteiger partial charge in [0.2, 0.25) is 0 Å². The first-order chi connectivity index (χ1) is 10.8. The van der Waals surface area contributed by atoms with Crippen LogP contribution in [0.2, 0.25) is 0 Å². The average Bonchev–Trinajstić information content (AvgIpc) is 2.62. The number of rotatable bonds is 4. The second-order valence-corrected chi connectivity index (χ2v) is 5.08. The van der Waals surface area contributed by atoms with E-state index in [0.717, 1.165) is 35.2 Å². The number of hydrogen-bond acceptors (Lipinski definition) is 1. The van der Waals surface area contributed by atoms with Crippen LogP contribution in [-0.4, -0.2) is 6.29 Å². The smallest absolute Gasteiger partial charge is 0.297 e. The molecular formula is C20H17O2+. The van der Waals surface area contributed by atoms with Gasteiger partial charge in [0.1, 0.15) is 5.56 Å². The predicted octanol–water partition coefficient (Wildman–Crippen LogP) is 5.27. The van der Waals surface area contributed by atoms with Gasteiger partial charge in [0.25, 0.3) is 0 Å². The Bertz CT molecular complexity index is 778. The Kier molecular flexibility index (Phi) is 4.10. The molecule has 0 N–H and O–H groups in total. The predicted molar refractivity (Wildman–Crippen MR) is 88.8 cm³/mol. The zero-order chi connectivity index (χ0) is 15.4. The molecule has 22 heavy (non-hydrogen) atoms. The standard InChI is InChI=1S/C20H17O2/c1-2-15-13-19(16-9-5-3-6-10-16)22-20(18(15)14-21)17-11-7-4-8-12-17/h3-14H,2H2,1H3/q+1. The largest absolute Gasteiger partial charge is 0.371 e. The van der Waals surface area contributed by atoms with Crippen molar-refractivity contribution in [2.24, 2.45) is 0 Å². The molecule has 0 saturated carbocycles. The van der Waals surface area contributed by atoms with Crippen molar-refractivity contribution in [2.45, 2.75) is 13.3 Å². The fourth-order valence-corrected chi connectivity index (χ4v) is 2.55. The second-order valence-electron chi connectivity index (χ2n) is 5.08. The molecule has 2 nitrogen and oxygen atoms in total. The number of benzene rings is 2. The third-order valence-electron chi connectivity index (χ3n) is 3.70. The van der Waals surface area contributed by atoms with Gasteiger partial charge in [-0.1, -0.05) is 43.3 Å². The Labute approximate surface area is 130 Å². The first-order valence-corrected chi connectivity index (χ1v) is 7.39. The summed E-state index contributed by atoms with van der Waals surface area (Å²) in [6.07, 6.45) is 1.67. The summed E-state index contributed by atoms with van der Waals surface area (Å²) in [4.78, 5) is 11.6. The maximum Gasteiger partial charge on any atom is 0.371 e. The first-order valence-electron chi connectivity index (χ1n) is 7.39. The zero-order valence-electron chi connectivity index (χ0n) is 12.5. The van der Waals surface area contributed by atoms with Crippen LogP contribution in [0.4, 0.5) is 0 Å². The summed E-state index contributed by atoms with van der Waals surface area (Å²) in [5.41, 5.74) is 3.55. The molecule has 0 unspecified atom stereocenters. The van der Waals surface area contributed by atoms with Gasteiger partial charge < -0.3 is 0 Å². The van der Waals surface area contributed by atoms with Crippen molar-refractivity contribution in [3.05, 3.63) is 77.9 Å². The van der Waals surface area contributed by atoms with Crippen LogP contribution in [0.3, 0.4) is 0 Å². The number of aldehydes is 1. The van der Waals surface area contributed by atoms with E-state index < -0.39 is 0 Å². The summed E-state index contributed by atoms with van der Waals surface area (Å²) >= 11 is 0. The maximum atomic E-state index is 11.6. The molecule has 0 radical (unpaired) electrons. The van der Waals surface area contributed by atoms with E-state index in [4.69, 9.17) is 4.42 Å². The molecule has 0 aliphatic carbocycles. The summed E-state index contributed by atoms with van der Waals surface area (Å²) in [5, 5.41) is 0. The number of carbonyl (C=O) groups excluding carboxylic acids is 1. The van der Waals surface area contributed by atoms with Crippen LogP contribution in [0.1, 0.15) is 22.8 Å². The maximum absolute atomic E-state index is 11.6. The first kappa shape index (κ1) is 14.2. The monoisotopic (exact) mass is 289 g/mol. The van der Waals surface area contributed by atoms with Gasteiger partial charge in [-0.05, 0) is 36.2 Å². The highest BCUT2D eigenvalue weighted by Gasteiger charge is 2.25. The van der Waals surface area contributed by atoms with Crippen LogP contribution in [0.5, 0.6) is 0 Å². The molecule has 0 aliphatic heterocycles. The lowest BCUT2D eigenvalue weighted by Gasteiger charge is -2.02. The molecule has 0 spiro atoms. The summed E-state index contributed by atoms with van der Waals surface area (Å²) in [6.45, 7) is 2.05. The van der Waals surface area contributed by atoms with E-state index in [-0.39, 0.29) is 0 Å². The molecule has 0 bridgehead atoms. The van der Waals surface area contributed by atoms with E-state index >= 15 is 0 Å². The molecule has 0 aliphatic rings. The van der Waals surface area contributed by atoms with E-state index in [2.05, 4.69) is 0 Å². The topological polar surface area (TPSA) is 28.4 Å². The van der Waals surface area contributed by atoms with Crippen LogP contribution in [0.15, 0.2) is 71.1 Å². The van der Waals surface area contributed by atoms with E-state index in [9.17, 15) is 4.79 Å². The zero-order valence-corrected chi connectivity index (χ0v) is 12.5. The van der Waals surface area contributed by atoms with Gasteiger partial charge in [0.05, 0.1) is 11.1 Å². The molecule has 2 aromatic carbocycles. The highest BCUT2D eigenvalue weighted by Crippen LogP contribution is 2.31. The fourth-order valence-electron chi connectivity index (χ4n) is 2.55. The molecule has 0 saturated heterocycles. The number of aryl methyl sites for hydroxylation is 1. The van der Waals surface area contributed by atoms with Crippen molar-refractivity contribution in [3.8, 4) is 22.6 Å². The molecule has 0 fully saturated rings. The minimum atomic E-state index is 0.633. The van der Waals surface area contributed by atoms with Crippen molar-refractivity contribution in [3.63, 3.8) is 0 Å². The summed E-state index contributed by atoms with van der Waals surface area (Å²) < 4.78 is 6.08. The van der Waals surface area contributed by atoms with Gasteiger partial charge in [0.15, 0.2) is 6.29 Å². The molecule has 2 heteroatoms.